The van der Waals surface area contributed by atoms with Gasteiger partial charge < -0.3 is 19.7 Å². The molecule has 0 aromatic carbocycles. The van der Waals surface area contributed by atoms with E-state index in [-0.39, 0.29) is 12.1 Å². The molecule has 2 atom stereocenters. The molecule has 156 valence electrons. The van der Waals surface area contributed by atoms with Crippen molar-refractivity contribution in [2.75, 3.05) is 27.2 Å². The summed E-state index contributed by atoms with van der Waals surface area (Å²) in [6.07, 6.45) is 8.76. The van der Waals surface area contributed by atoms with E-state index in [1.807, 2.05) is 36.8 Å². The van der Waals surface area contributed by atoms with Crippen LogP contribution in [0.25, 0.3) is 0 Å². The normalized spacial score (nSPS) is 18.8. The molecule has 1 fully saturated rings. The summed E-state index contributed by atoms with van der Waals surface area (Å²) in [7, 11) is 4.21. The number of thiocarbonyl (C=S) groups is 1. The van der Waals surface area contributed by atoms with Gasteiger partial charge in [0.1, 0.15) is 0 Å². The fourth-order valence-corrected chi connectivity index (χ4v) is 4.39. The summed E-state index contributed by atoms with van der Waals surface area (Å²) in [5, 5.41) is 4.34. The molecule has 30 heavy (non-hydrogen) atoms. The van der Waals surface area contributed by atoms with Crippen molar-refractivity contribution >= 4 is 17.3 Å². The molecule has 1 aliphatic heterocycles. The highest BCUT2D eigenvalue weighted by molar-refractivity contribution is 7.80. The van der Waals surface area contributed by atoms with Crippen LogP contribution in [0.5, 0.6) is 0 Å². The van der Waals surface area contributed by atoms with Crippen LogP contribution in [0.15, 0.2) is 67.3 Å². The van der Waals surface area contributed by atoms with Gasteiger partial charge in [0.15, 0.2) is 5.11 Å². The zero-order valence-electron chi connectivity index (χ0n) is 17.5. The third-order valence-corrected chi connectivity index (χ3v) is 5.80. The minimum Gasteiger partial charge on any atom is -0.352 e. The lowest BCUT2D eigenvalue weighted by atomic mass is 10.0. The molecule has 7 heteroatoms. The molecule has 1 aliphatic rings. The number of aromatic nitrogens is 3. The Balaban J connectivity index is 1.66. The minimum atomic E-state index is 0.0144. The fraction of sp³-hybridized carbons (Fsp3) is 0.348. The first-order chi connectivity index (χ1) is 14.6. The second kappa shape index (κ2) is 9.36. The third kappa shape index (κ3) is 4.52. The SMILES string of the molecule is CN(C)CCCN1C(=S)NC(c2ccccn2)C1c1cccn1Cc1cccnc1. The Morgan fingerprint density at radius 3 is 2.73 bits per heavy atom. The summed E-state index contributed by atoms with van der Waals surface area (Å²) in [6.45, 7) is 2.70. The van der Waals surface area contributed by atoms with Gasteiger partial charge in [0.2, 0.25) is 0 Å². The Kier molecular flexibility index (Phi) is 6.40. The van der Waals surface area contributed by atoms with Crippen LogP contribution in [0, 0.1) is 0 Å². The molecule has 0 aliphatic carbocycles. The highest BCUT2D eigenvalue weighted by Gasteiger charge is 2.40. The lowest BCUT2D eigenvalue weighted by molar-refractivity contribution is 0.283. The molecule has 0 radical (unpaired) electrons. The van der Waals surface area contributed by atoms with Crippen LogP contribution in [0.3, 0.4) is 0 Å². The molecule has 3 aromatic heterocycles. The van der Waals surface area contributed by atoms with Crippen molar-refractivity contribution in [3.05, 3.63) is 84.2 Å². The van der Waals surface area contributed by atoms with Crippen molar-refractivity contribution < 1.29 is 0 Å². The van der Waals surface area contributed by atoms with Gasteiger partial charge >= 0.3 is 0 Å². The predicted octanol–water partition coefficient (Wildman–Crippen LogP) is 3.25. The Bertz CT molecular complexity index is 956. The topological polar surface area (TPSA) is 49.2 Å². The van der Waals surface area contributed by atoms with Crippen LogP contribution in [-0.2, 0) is 6.54 Å². The van der Waals surface area contributed by atoms with Crippen molar-refractivity contribution in [1.29, 1.82) is 0 Å². The maximum absolute atomic E-state index is 5.77. The average molecular weight is 421 g/mol. The summed E-state index contributed by atoms with van der Waals surface area (Å²) >= 11 is 5.77. The van der Waals surface area contributed by atoms with Crippen LogP contribution < -0.4 is 5.32 Å². The van der Waals surface area contributed by atoms with Crippen LogP contribution >= 0.6 is 12.2 Å². The molecule has 1 N–H and O–H groups in total. The van der Waals surface area contributed by atoms with E-state index in [0.29, 0.717) is 0 Å². The van der Waals surface area contributed by atoms with Gasteiger partial charge in [0.05, 0.1) is 17.8 Å². The van der Waals surface area contributed by atoms with Crippen LogP contribution in [0.2, 0.25) is 0 Å². The monoisotopic (exact) mass is 420 g/mol. The van der Waals surface area contributed by atoms with E-state index < -0.39 is 0 Å². The summed E-state index contributed by atoms with van der Waals surface area (Å²) in [6, 6.07) is 14.6. The Labute approximate surface area is 183 Å². The summed E-state index contributed by atoms with van der Waals surface area (Å²) < 4.78 is 2.30. The van der Waals surface area contributed by atoms with E-state index in [9.17, 15) is 0 Å². The number of hydrogen-bond donors (Lipinski definition) is 1. The average Bonchev–Trinajstić information content (AvgIpc) is 3.33. The molecule has 6 nitrogen and oxygen atoms in total. The highest BCUT2D eigenvalue weighted by atomic mass is 32.1. The van der Waals surface area contributed by atoms with Gasteiger partial charge in [-0.3, -0.25) is 9.97 Å². The summed E-state index contributed by atoms with van der Waals surface area (Å²) in [5.41, 5.74) is 3.41. The molecule has 4 rings (SSSR count). The number of pyridine rings is 2. The van der Waals surface area contributed by atoms with Gasteiger partial charge in [-0.25, -0.2) is 0 Å². The van der Waals surface area contributed by atoms with Gasteiger partial charge in [0.25, 0.3) is 0 Å². The molecular formula is C23H28N6S. The molecule has 2 unspecified atom stereocenters. The lowest BCUT2D eigenvalue weighted by Gasteiger charge is -2.29. The van der Waals surface area contributed by atoms with Gasteiger partial charge in [-0.2, -0.15) is 0 Å². The Morgan fingerprint density at radius 2 is 2.00 bits per heavy atom. The Morgan fingerprint density at radius 1 is 1.10 bits per heavy atom. The molecular weight excluding hydrogens is 392 g/mol. The Hall–Kier alpha value is -2.77. The predicted molar refractivity (Wildman–Crippen MR) is 123 cm³/mol. The van der Waals surface area contributed by atoms with Crippen molar-refractivity contribution in [1.82, 2.24) is 29.7 Å². The van der Waals surface area contributed by atoms with Crippen molar-refractivity contribution in [3.63, 3.8) is 0 Å². The molecule has 3 aromatic rings. The molecule has 0 saturated carbocycles. The van der Waals surface area contributed by atoms with Crippen LogP contribution in [0.4, 0.5) is 0 Å². The second-order valence-electron chi connectivity index (χ2n) is 7.90. The van der Waals surface area contributed by atoms with E-state index in [0.717, 1.165) is 36.9 Å². The zero-order valence-corrected chi connectivity index (χ0v) is 18.3. The zero-order chi connectivity index (χ0) is 20.9. The van der Waals surface area contributed by atoms with Gasteiger partial charge in [-0.15, -0.1) is 0 Å². The second-order valence-corrected chi connectivity index (χ2v) is 8.29. The third-order valence-electron chi connectivity index (χ3n) is 5.45. The number of hydrogen-bond acceptors (Lipinski definition) is 4. The summed E-state index contributed by atoms with van der Waals surface area (Å²) in [5.74, 6) is 0. The van der Waals surface area contributed by atoms with Gasteiger partial charge in [-0.05, 0) is 75.2 Å². The van der Waals surface area contributed by atoms with Gasteiger partial charge in [0, 0.05) is 43.6 Å². The molecule has 0 bridgehead atoms. The van der Waals surface area contributed by atoms with E-state index >= 15 is 0 Å². The van der Waals surface area contributed by atoms with E-state index in [1.54, 1.807) is 0 Å². The molecule has 4 heterocycles. The smallest absolute Gasteiger partial charge is 0.170 e. The summed E-state index contributed by atoms with van der Waals surface area (Å²) in [4.78, 5) is 13.4. The molecule has 1 saturated heterocycles. The molecule has 0 spiro atoms. The standard InChI is InChI=1S/C23H28N6S/c1-27(2)13-7-15-29-22(21(26-23(29)30)19-9-3-4-12-25-19)20-10-6-14-28(20)17-18-8-5-11-24-16-18/h3-6,8-12,14,16,21-22H,7,13,15,17H2,1-2H3,(H,26,30). The molecule has 0 amide bonds. The van der Waals surface area contributed by atoms with Crippen molar-refractivity contribution in [2.45, 2.75) is 25.0 Å². The first-order valence-corrected chi connectivity index (χ1v) is 10.7. The first kappa shape index (κ1) is 20.5. The van der Waals surface area contributed by atoms with E-state index in [2.05, 4.69) is 74.2 Å². The fourth-order valence-electron chi connectivity index (χ4n) is 4.05. The maximum atomic E-state index is 5.77. The highest BCUT2D eigenvalue weighted by Crippen LogP contribution is 2.38. The lowest BCUT2D eigenvalue weighted by Crippen LogP contribution is -2.33. The van der Waals surface area contributed by atoms with Crippen LogP contribution in [-0.4, -0.2) is 56.6 Å². The maximum Gasteiger partial charge on any atom is 0.170 e. The quantitative estimate of drug-likeness (QED) is 0.565. The van der Waals surface area contributed by atoms with Crippen molar-refractivity contribution in [3.8, 4) is 0 Å². The van der Waals surface area contributed by atoms with E-state index in [1.165, 1.54) is 11.3 Å². The van der Waals surface area contributed by atoms with Crippen LogP contribution in [0.1, 0.15) is 35.5 Å². The number of nitrogens with one attached hydrogen (secondary N) is 1. The number of nitrogens with zero attached hydrogens (tertiary/aromatic N) is 5. The van der Waals surface area contributed by atoms with Gasteiger partial charge in [-0.1, -0.05) is 12.1 Å². The number of rotatable bonds is 8. The first-order valence-electron chi connectivity index (χ1n) is 10.3. The van der Waals surface area contributed by atoms with E-state index in [4.69, 9.17) is 12.2 Å². The van der Waals surface area contributed by atoms with Crippen molar-refractivity contribution in [2.24, 2.45) is 0 Å². The largest absolute Gasteiger partial charge is 0.352 e. The minimum absolute atomic E-state index is 0.0144.